The van der Waals surface area contributed by atoms with Gasteiger partial charge in [0.15, 0.2) is 0 Å². The highest BCUT2D eigenvalue weighted by Gasteiger charge is 2.52. The van der Waals surface area contributed by atoms with E-state index in [9.17, 15) is 0 Å². The summed E-state index contributed by atoms with van der Waals surface area (Å²) >= 11 is 0. The van der Waals surface area contributed by atoms with E-state index in [-0.39, 0.29) is 0 Å². The molecule has 2 unspecified atom stereocenters. The van der Waals surface area contributed by atoms with Gasteiger partial charge in [-0.05, 0) is 17.3 Å². The Bertz CT molecular complexity index is 218. The van der Waals surface area contributed by atoms with E-state index in [1.54, 1.807) is 6.08 Å². The molecule has 1 fully saturated rings. The summed E-state index contributed by atoms with van der Waals surface area (Å²) in [4.78, 5) is 0. The van der Waals surface area contributed by atoms with E-state index in [0.717, 1.165) is 11.8 Å². The van der Waals surface area contributed by atoms with Crippen molar-refractivity contribution in [3.63, 3.8) is 0 Å². The van der Waals surface area contributed by atoms with E-state index in [0.29, 0.717) is 5.41 Å². The molecule has 0 aliphatic heterocycles. The minimum Gasteiger partial charge on any atom is -0.0991 e. The Morgan fingerprint density at radius 1 is 1.17 bits per heavy atom. The lowest BCUT2D eigenvalue weighted by Gasteiger charge is -1.95. The molecule has 1 aliphatic carbocycles. The summed E-state index contributed by atoms with van der Waals surface area (Å²) < 4.78 is 0. The molecular formula is C12H18. The van der Waals surface area contributed by atoms with Crippen LogP contribution in [0, 0.1) is 17.3 Å². The smallest absolute Gasteiger partial charge is 0.0145 e. The Hall–Kier alpha value is -0.780. The van der Waals surface area contributed by atoms with Gasteiger partial charge in [-0.25, -0.2) is 0 Å². The summed E-state index contributed by atoms with van der Waals surface area (Å²) in [6, 6.07) is 0. The number of rotatable bonds is 3. The third-order valence-corrected chi connectivity index (χ3v) is 3.14. The van der Waals surface area contributed by atoms with Crippen LogP contribution in [0.1, 0.15) is 20.8 Å². The fourth-order valence-corrected chi connectivity index (χ4v) is 1.68. The molecule has 0 aromatic carbocycles. The largest absolute Gasteiger partial charge is 0.0991 e. The summed E-state index contributed by atoms with van der Waals surface area (Å²) in [6.07, 6.45) is 10.2. The van der Waals surface area contributed by atoms with Gasteiger partial charge in [-0.15, -0.1) is 0 Å². The molecule has 2 atom stereocenters. The van der Waals surface area contributed by atoms with Gasteiger partial charge in [-0.3, -0.25) is 0 Å². The van der Waals surface area contributed by atoms with Gasteiger partial charge in [0, 0.05) is 0 Å². The first kappa shape index (κ1) is 9.31. The molecule has 1 rings (SSSR count). The first-order valence-corrected chi connectivity index (χ1v) is 4.56. The topological polar surface area (TPSA) is 0 Å². The molecule has 1 aliphatic rings. The van der Waals surface area contributed by atoms with Crippen molar-refractivity contribution < 1.29 is 0 Å². The number of hydrogen-bond acceptors (Lipinski definition) is 0. The first-order valence-electron chi connectivity index (χ1n) is 4.56. The molecule has 0 spiro atoms. The van der Waals surface area contributed by atoms with Crippen LogP contribution in [0.4, 0.5) is 0 Å². The standard InChI is InChI=1S/C12H18/c1-5-6-7-8-9-11-10(2)12(11,3)4/h5-11H,1H2,2-4H3/b7-6+,9-8+. The fourth-order valence-electron chi connectivity index (χ4n) is 1.68. The van der Waals surface area contributed by atoms with E-state index in [1.807, 2.05) is 12.2 Å². The maximum atomic E-state index is 3.62. The molecule has 0 aromatic heterocycles. The summed E-state index contributed by atoms with van der Waals surface area (Å²) in [5.41, 5.74) is 0.526. The summed E-state index contributed by atoms with van der Waals surface area (Å²) in [6.45, 7) is 10.6. The predicted octanol–water partition coefficient (Wildman–Crippen LogP) is 3.58. The average molecular weight is 162 g/mol. The van der Waals surface area contributed by atoms with Crippen molar-refractivity contribution in [1.29, 1.82) is 0 Å². The molecule has 12 heavy (non-hydrogen) atoms. The first-order chi connectivity index (χ1) is 5.60. The van der Waals surface area contributed by atoms with Crippen molar-refractivity contribution >= 4 is 0 Å². The van der Waals surface area contributed by atoms with Gasteiger partial charge in [0.2, 0.25) is 0 Å². The van der Waals surface area contributed by atoms with E-state index >= 15 is 0 Å². The molecule has 0 saturated heterocycles. The van der Waals surface area contributed by atoms with E-state index < -0.39 is 0 Å². The maximum absolute atomic E-state index is 3.62. The van der Waals surface area contributed by atoms with E-state index in [1.165, 1.54) is 0 Å². The van der Waals surface area contributed by atoms with Crippen molar-refractivity contribution in [3.05, 3.63) is 37.0 Å². The van der Waals surface area contributed by atoms with Crippen LogP contribution in [0.2, 0.25) is 0 Å². The Labute approximate surface area is 75.7 Å². The zero-order valence-corrected chi connectivity index (χ0v) is 8.25. The SMILES string of the molecule is C=C/C=C/C=C/C1C(C)C1(C)C. The van der Waals surface area contributed by atoms with Crippen LogP contribution in [0.25, 0.3) is 0 Å². The van der Waals surface area contributed by atoms with Crippen LogP contribution in [0.15, 0.2) is 37.0 Å². The minimum absolute atomic E-state index is 0.526. The van der Waals surface area contributed by atoms with E-state index in [2.05, 4.69) is 39.5 Å². The second-order valence-electron chi connectivity index (χ2n) is 4.14. The second-order valence-corrected chi connectivity index (χ2v) is 4.14. The molecule has 0 bridgehead atoms. The highest BCUT2D eigenvalue weighted by molar-refractivity contribution is 5.17. The minimum atomic E-state index is 0.526. The zero-order valence-electron chi connectivity index (χ0n) is 8.25. The van der Waals surface area contributed by atoms with Gasteiger partial charge in [0.25, 0.3) is 0 Å². The quantitative estimate of drug-likeness (QED) is 0.556. The van der Waals surface area contributed by atoms with Crippen LogP contribution in [0.3, 0.4) is 0 Å². The van der Waals surface area contributed by atoms with Crippen LogP contribution >= 0.6 is 0 Å². The summed E-state index contributed by atoms with van der Waals surface area (Å²) in [5.74, 6) is 1.61. The van der Waals surface area contributed by atoms with E-state index in [4.69, 9.17) is 0 Å². The van der Waals surface area contributed by atoms with Gasteiger partial charge in [-0.1, -0.05) is 57.7 Å². The van der Waals surface area contributed by atoms with Gasteiger partial charge >= 0.3 is 0 Å². The molecule has 1 saturated carbocycles. The van der Waals surface area contributed by atoms with Gasteiger partial charge in [0.05, 0.1) is 0 Å². The highest BCUT2D eigenvalue weighted by atomic mass is 14.6. The zero-order chi connectivity index (χ0) is 9.19. The van der Waals surface area contributed by atoms with Gasteiger partial charge in [-0.2, -0.15) is 0 Å². The third kappa shape index (κ3) is 1.69. The lowest BCUT2D eigenvalue weighted by atomic mass is 10.1. The van der Waals surface area contributed by atoms with Crippen molar-refractivity contribution in [3.8, 4) is 0 Å². The molecular weight excluding hydrogens is 144 g/mol. The van der Waals surface area contributed by atoms with Gasteiger partial charge < -0.3 is 0 Å². The summed E-state index contributed by atoms with van der Waals surface area (Å²) in [7, 11) is 0. The lowest BCUT2D eigenvalue weighted by Crippen LogP contribution is -1.86. The highest BCUT2D eigenvalue weighted by Crippen LogP contribution is 2.58. The Kier molecular flexibility index (Phi) is 2.56. The molecule has 66 valence electrons. The van der Waals surface area contributed by atoms with Crippen LogP contribution in [-0.4, -0.2) is 0 Å². The normalized spacial score (nSPS) is 32.9. The van der Waals surface area contributed by atoms with Crippen molar-refractivity contribution in [1.82, 2.24) is 0 Å². The fraction of sp³-hybridized carbons (Fsp3) is 0.500. The number of hydrogen-bond donors (Lipinski definition) is 0. The summed E-state index contributed by atoms with van der Waals surface area (Å²) in [5, 5.41) is 0. The molecule has 0 heterocycles. The molecule has 0 heteroatoms. The lowest BCUT2D eigenvalue weighted by molar-refractivity contribution is 0.570. The average Bonchev–Trinajstić information content (AvgIpc) is 2.47. The molecule has 0 N–H and O–H groups in total. The van der Waals surface area contributed by atoms with Crippen molar-refractivity contribution in [2.24, 2.45) is 17.3 Å². The molecule has 0 radical (unpaired) electrons. The van der Waals surface area contributed by atoms with Crippen molar-refractivity contribution in [2.75, 3.05) is 0 Å². The van der Waals surface area contributed by atoms with Gasteiger partial charge in [0.1, 0.15) is 0 Å². The van der Waals surface area contributed by atoms with Crippen molar-refractivity contribution in [2.45, 2.75) is 20.8 Å². The Morgan fingerprint density at radius 3 is 2.17 bits per heavy atom. The predicted molar refractivity (Wildman–Crippen MR) is 54.9 cm³/mol. The maximum Gasteiger partial charge on any atom is -0.0145 e. The number of allylic oxidation sites excluding steroid dienone is 5. The van der Waals surface area contributed by atoms with Crippen LogP contribution < -0.4 is 0 Å². The molecule has 0 nitrogen and oxygen atoms in total. The third-order valence-electron chi connectivity index (χ3n) is 3.14. The molecule has 0 amide bonds. The van der Waals surface area contributed by atoms with Crippen LogP contribution in [0.5, 0.6) is 0 Å². The van der Waals surface area contributed by atoms with Crippen LogP contribution in [-0.2, 0) is 0 Å². The second kappa shape index (κ2) is 3.30. The Balaban J connectivity index is 2.40. The monoisotopic (exact) mass is 162 g/mol. The molecule has 0 aromatic rings. The Morgan fingerprint density at radius 2 is 1.75 bits per heavy atom.